The monoisotopic (exact) mass is 251 g/mol. The fourth-order valence-electron chi connectivity index (χ4n) is 2.60. The number of rotatable bonds is 4. The Bertz CT molecular complexity index is 378. The number of carbonyl (C=O) groups excluding carboxylic acids is 1. The third kappa shape index (κ3) is 2.87. The van der Waals surface area contributed by atoms with Crippen molar-refractivity contribution < 1.29 is 4.79 Å². The highest BCUT2D eigenvalue weighted by Gasteiger charge is 2.29. The van der Waals surface area contributed by atoms with Gasteiger partial charge in [0.25, 0.3) is 0 Å². The Morgan fingerprint density at radius 1 is 1.56 bits per heavy atom. The molecule has 1 fully saturated rings. The van der Waals surface area contributed by atoms with E-state index in [2.05, 4.69) is 17.2 Å². The maximum absolute atomic E-state index is 12.2. The third-order valence-electron chi connectivity index (χ3n) is 3.76. The second-order valence-corrected chi connectivity index (χ2v) is 4.88. The van der Waals surface area contributed by atoms with Gasteiger partial charge in [0.2, 0.25) is 5.91 Å². The number of carbonyl (C=O) groups is 1. The lowest BCUT2D eigenvalue weighted by atomic mass is 9.89. The molecule has 1 aromatic heterocycles. The SMILES string of the molecule is CCC1CCN(C(=O)Cn2ccnn2)C(CN)C1. The molecular weight excluding hydrogens is 230 g/mol. The molecule has 2 unspecified atom stereocenters. The van der Waals surface area contributed by atoms with Crippen molar-refractivity contribution in [2.24, 2.45) is 11.7 Å². The van der Waals surface area contributed by atoms with Gasteiger partial charge in [-0.3, -0.25) is 4.79 Å². The van der Waals surface area contributed by atoms with Crippen molar-refractivity contribution in [1.29, 1.82) is 0 Å². The Hall–Kier alpha value is -1.43. The number of nitrogens with two attached hydrogens (primary N) is 1. The summed E-state index contributed by atoms with van der Waals surface area (Å²) >= 11 is 0. The number of piperidine rings is 1. The molecule has 1 saturated heterocycles. The molecule has 1 amide bonds. The Balaban J connectivity index is 1.96. The first-order chi connectivity index (χ1) is 8.74. The van der Waals surface area contributed by atoms with E-state index in [1.165, 1.54) is 6.42 Å². The molecule has 2 rings (SSSR count). The van der Waals surface area contributed by atoms with Crippen molar-refractivity contribution in [3.05, 3.63) is 12.4 Å². The summed E-state index contributed by atoms with van der Waals surface area (Å²) in [5.41, 5.74) is 5.79. The Kier molecular flexibility index (Phi) is 4.30. The highest BCUT2D eigenvalue weighted by molar-refractivity contribution is 5.76. The van der Waals surface area contributed by atoms with Crippen LogP contribution in [0.2, 0.25) is 0 Å². The molecular formula is C12H21N5O. The first-order valence-corrected chi connectivity index (χ1v) is 6.58. The first kappa shape index (κ1) is 13.0. The predicted molar refractivity (Wildman–Crippen MR) is 67.6 cm³/mol. The summed E-state index contributed by atoms with van der Waals surface area (Å²) < 4.78 is 1.56. The molecule has 6 heteroatoms. The standard InChI is InChI=1S/C12H21N5O/c1-2-10-3-5-17(11(7-10)8-13)12(18)9-16-6-4-14-15-16/h4,6,10-11H,2-3,5,7-9,13H2,1H3. The van der Waals surface area contributed by atoms with Crippen LogP contribution in [-0.4, -0.2) is 44.9 Å². The molecule has 0 bridgehead atoms. The number of hydrogen-bond acceptors (Lipinski definition) is 4. The average Bonchev–Trinajstić information content (AvgIpc) is 2.90. The predicted octanol–water partition coefficient (Wildman–Crippen LogP) is 0.254. The smallest absolute Gasteiger partial charge is 0.244 e. The lowest BCUT2D eigenvalue weighted by Gasteiger charge is -2.38. The van der Waals surface area contributed by atoms with Crippen molar-refractivity contribution in [1.82, 2.24) is 19.9 Å². The van der Waals surface area contributed by atoms with E-state index < -0.39 is 0 Å². The van der Waals surface area contributed by atoms with Crippen LogP contribution in [0.3, 0.4) is 0 Å². The lowest BCUT2D eigenvalue weighted by Crippen LogP contribution is -2.50. The number of likely N-dealkylation sites (tertiary alicyclic amines) is 1. The Morgan fingerprint density at radius 3 is 3.00 bits per heavy atom. The minimum absolute atomic E-state index is 0.0884. The van der Waals surface area contributed by atoms with Gasteiger partial charge in [0.1, 0.15) is 6.54 Å². The van der Waals surface area contributed by atoms with Gasteiger partial charge in [-0.25, -0.2) is 4.68 Å². The maximum Gasteiger partial charge on any atom is 0.244 e. The largest absolute Gasteiger partial charge is 0.337 e. The number of aromatic nitrogens is 3. The van der Waals surface area contributed by atoms with E-state index in [4.69, 9.17) is 5.73 Å². The van der Waals surface area contributed by atoms with Gasteiger partial charge >= 0.3 is 0 Å². The van der Waals surface area contributed by atoms with E-state index in [1.807, 2.05) is 4.90 Å². The zero-order valence-electron chi connectivity index (χ0n) is 10.8. The van der Waals surface area contributed by atoms with Gasteiger partial charge < -0.3 is 10.6 Å². The van der Waals surface area contributed by atoms with Crippen LogP contribution in [0.1, 0.15) is 26.2 Å². The third-order valence-corrected chi connectivity index (χ3v) is 3.76. The molecule has 2 atom stereocenters. The van der Waals surface area contributed by atoms with E-state index in [0.29, 0.717) is 12.5 Å². The van der Waals surface area contributed by atoms with E-state index >= 15 is 0 Å². The molecule has 0 aromatic carbocycles. The minimum Gasteiger partial charge on any atom is -0.337 e. The quantitative estimate of drug-likeness (QED) is 0.832. The van der Waals surface area contributed by atoms with Crippen molar-refractivity contribution in [3.8, 4) is 0 Å². The van der Waals surface area contributed by atoms with Crippen molar-refractivity contribution in [2.75, 3.05) is 13.1 Å². The van der Waals surface area contributed by atoms with Crippen LogP contribution in [0, 0.1) is 5.92 Å². The molecule has 2 N–H and O–H groups in total. The van der Waals surface area contributed by atoms with E-state index in [-0.39, 0.29) is 18.5 Å². The van der Waals surface area contributed by atoms with Crippen molar-refractivity contribution in [3.63, 3.8) is 0 Å². The van der Waals surface area contributed by atoms with Crippen LogP contribution in [-0.2, 0) is 11.3 Å². The van der Waals surface area contributed by atoms with Crippen LogP contribution in [0.25, 0.3) is 0 Å². The van der Waals surface area contributed by atoms with Crippen LogP contribution in [0.4, 0.5) is 0 Å². The maximum atomic E-state index is 12.2. The summed E-state index contributed by atoms with van der Waals surface area (Å²) in [6.07, 6.45) is 6.55. The lowest BCUT2D eigenvalue weighted by molar-refractivity contribution is -0.136. The summed E-state index contributed by atoms with van der Waals surface area (Å²) in [6, 6.07) is 0.180. The average molecular weight is 251 g/mol. The number of nitrogens with zero attached hydrogens (tertiary/aromatic N) is 4. The van der Waals surface area contributed by atoms with Crippen LogP contribution in [0.15, 0.2) is 12.4 Å². The number of amides is 1. The van der Waals surface area contributed by atoms with Crippen molar-refractivity contribution in [2.45, 2.75) is 38.8 Å². The topological polar surface area (TPSA) is 77.0 Å². The molecule has 18 heavy (non-hydrogen) atoms. The first-order valence-electron chi connectivity index (χ1n) is 6.58. The second kappa shape index (κ2) is 5.95. The summed E-state index contributed by atoms with van der Waals surface area (Å²) in [5, 5.41) is 7.52. The highest BCUT2D eigenvalue weighted by Crippen LogP contribution is 2.25. The van der Waals surface area contributed by atoms with Gasteiger partial charge in [0.05, 0.1) is 6.20 Å². The minimum atomic E-state index is 0.0884. The summed E-state index contributed by atoms with van der Waals surface area (Å²) in [6.45, 7) is 3.81. The Labute approximate surface area is 107 Å². The van der Waals surface area contributed by atoms with E-state index in [9.17, 15) is 4.79 Å². The van der Waals surface area contributed by atoms with Gasteiger partial charge in [-0.2, -0.15) is 0 Å². The molecule has 0 spiro atoms. The highest BCUT2D eigenvalue weighted by atomic mass is 16.2. The zero-order chi connectivity index (χ0) is 13.0. The van der Waals surface area contributed by atoms with Gasteiger partial charge in [0, 0.05) is 25.3 Å². The normalized spacial score (nSPS) is 24.2. The van der Waals surface area contributed by atoms with Gasteiger partial charge in [-0.05, 0) is 18.8 Å². The molecule has 1 aromatic rings. The molecule has 0 aliphatic carbocycles. The van der Waals surface area contributed by atoms with Crippen molar-refractivity contribution >= 4 is 5.91 Å². The van der Waals surface area contributed by atoms with Gasteiger partial charge in [-0.1, -0.05) is 18.6 Å². The van der Waals surface area contributed by atoms with Gasteiger partial charge in [0.15, 0.2) is 0 Å². The van der Waals surface area contributed by atoms with Crippen LogP contribution < -0.4 is 5.73 Å². The molecule has 100 valence electrons. The van der Waals surface area contributed by atoms with Crippen LogP contribution >= 0.6 is 0 Å². The molecule has 6 nitrogen and oxygen atoms in total. The molecule has 1 aliphatic heterocycles. The fourth-order valence-corrected chi connectivity index (χ4v) is 2.60. The molecule has 1 aliphatic rings. The molecule has 0 radical (unpaired) electrons. The Morgan fingerprint density at radius 2 is 2.39 bits per heavy atom. The zero-order valence-corrected chi connectivity index (χ0v) is 10.8. The summed E-state index contributed by atoms with van der Waals surface area (Å²) in [5.74, 6) is 0.791. The summed E-state index contributed by atoms with van der Waals surface area (Å²) in [4.78, 5) is 14.1. The van der Waals surface area contributed by atoms with E-state index in [1.54, 1.807) is 17.1 Å². The van der Waals surface area contributed by atoms with Gasteiger partial charge in [-0.15, -0.1) is 5.10 Å². The molecule has 2 heterocycles. The van der Waals surface area contributed by atoms with E-state index in [0.717, 1.165) is 19.4 Å². The second-order valence-electron chi connectivity index (χ2n) is 4.88. The fraction of sp³-hybridized carbons (Fsp3) is 0.750. The summed E-state index contributed by atoms with van der Waals surface area (Å²) in [7, 11) is 0. The van der Waals surface area contributed by atoms with Crippen LogP contribution in [0.5, 0.6) is 0 Å². The molecule has 0 saturated carbocycles. The number of hydrogen-bond donors (Lipinski definition) is 1.